The van der Waals surface area contributed by atoms with E-state index in [1.54, 1.807) is 19.2 Å². The molecule has 13 heteroatoms. The van der Waals surface area contributed by atoms with Crippen LogP contribution >= 0.6 is 11.8 Å². The van der Waals surface area contributed by atoms with E-state index in [0.29, 0.717) is 17.9 Å². The zero-order valence-corrected chi connectivity index (χ0v) is 20.1. The lowest BCUT2D eigenvalue weighted by atomic mass is 10.2. The van der Waals surface area contributed by atoms with Crippen molar-refractivity contribution < 1.29 is 35.9 Å². The maximum Gasteiger partial charge on any atom is 0.387 e. The highest BCUT2D eigenvalue weighted by Crippen LogP contribution is 2.31. The highest BCUT2D eigenvalue weighted by atomic mass is 32.2. The molecule has 2 aliphatic heterocycles. The number of benzene rings is 1. The van der Waals surface area contributed by atoms with Gasteiger partial charge in [-0.05, 0) is 42.8 Å². The lowest BCUT2D eigenvalue weighted by Crippen LogP contribution is -2.39. The zero-order valence-electron chi connectivity index (χ0n) is 18.5. The SMILES string of the molecule is CN(C(=O)CSC1=N/C(=C/c2ccco2)C(=O)N1c1ccc(OC(F)F)cc1)[C@@H]1CCS(=O)(=O)C1. The van der Waals surface area contributed by atoms with Crippen LogP contribution < -0.4 is 9.64 Å². The average Bonchev–Trinajstić information content (AvgIpc) is 3.52. The Labute approximate surface area is 204 Å². The molecule has 1 saturated heterocycles. The number of sulfone groups is 1. The van der Waals surface area contributed by atoms with Gasteiger partial charge in [-0.2, -0.15) is 8.78 Å². The molecule has 186 valence electrons. The Hall–Kier alpha value is -3.19. The van der Waals surface area contributed by atoms with E-state index in [2.05, 4.69) is 9.73 Å². The fraction of sp³-hybridized carbons (Fsp3) is 0.318. The van der Waals surface area contributed by atoms with Crippen LogP contribution in [0.2, 0.25) is 0 Å². The molecule has 4 rings (SSSR count). The van der Waals surface area contributed by atoms with Crippen molar-refractivity contribution in [3.8, 4) is 5.75 Å². The number of hydrogen-bond acceptors (Lipinski definition) is 8. The summed E-state index contributed by atoms with van der Waals surface area (Å²) in [6.45, 7) is -2.98. The molecule has 1 atom stereocenters. The molecular weight excluding hydrogens is 504 g/mol. The fourth-order valence-electron chi connectivity index (χ4n) is 3.62. The molecule has 0 aliphatic carbocycles. The summed E-state index contributed by atoms with van der Waals surface area (Å²) in [4.78, 5) is 32.9. The van der Waals surface area contributed by atoms with Crippen LogP contribution in [0, 0.1) is 0 Å². The summed E-state index contributed by atoms with van der Waals surface area (Å²) >= 11 is 1.01. The van der Waals surface area contributed by atoms with E-state index < -0.39 is 28.4 Å². The van der Waals surface area contributed by atoms with Crippen LogP contribution in [0.1, 0.15) is 12.2 Å². The molecule has 2 aliphatic rings. The molecule has 0 radical (unpaired) electrons. The summed E-state index contributed by atoms with van der Waals surface area (Å²) in [5, 5.41) is 0.205. The number of anilines is 1. The molecule has 2 amide bonds. The van der Waals surface area contributed by atoms with Crippen molar-refractivity contribution in [2.75, 3.05) is 29.2 Å². The van der Waals surface area contributed by atoms with Gasteiger partial charge in [-0.1, -0.05) is 11.8 Å². The summed E-state index contributed by atoms with van der Waals surface area (Å²) in [5.41, 5.74) is 0.409. The molecule has 0 unspecified atom stereocenters. The van der Waals surface area contributed by atoms with Crippen molar-refractivity contribution in [3.05, 3.63) is 54.1 Å². The number of amidine groups is 1. The first-order valence-corrected chi connectivity index (χ1v) is 13.3. The van der Waals surface area contributed by atoms with Gasteiger partial charge in [0.1, 0.15) is 17.2 Å². The minimum absolute atomic E-state index is 0.0453. The number of aliphatic imine (C=N–C) groups is 1. The van der Waals surface area contributed by atoms with Crippen molar-refractivity contribution in [1.82, 2.24) is 4.90 Å². The van der Waals surface area contributed by atoms with E-state index in [0.717, 1.165) is 11.8 Å². The third kappa shape index (κ3) is 5.90. The second kappa shape index (κ2) is 10.2. The first kappa shape index (κ1) is 24.9. The molecule has 2 aromatic rings. The zero-order chi connectivity index (χ0) is 25.2. The predicted molar refractivity (Wildman–Crippen MR) is 127 cm³/mol. The number of carbonyl (C=O) groups excluding carboxylic acids is 2. The quantitative estimate of drug-likeness (QED) is 0.511. The van der Waals surface area contributed by atoms with E-state index in [1.165, 1.54) is 46.4 Å². The number of furan rings is 1. The Morgan fingerprint density at radius 2 is 2.09 bits per heavy atom. The van der Waals surface area contributed by atoms with Crippen LogP contribution in [0.3, 0.4) is 0 Å². The number of hydrogen-bond donors (Lipinski definition) is 0. The van der Waals surface area contributed by atoms with Gasteiger partial charge in [0.15, 0.2) is 15.0 Å². The van der Waals surface area contributed by atoms with E-state index in [9.17, 15) is 26.8 Å². The van der Waals surface area contributed by atoms with Crippen LogP contribution in [-0.2, 0) is 19.4 Å². The van der Waals surface area contributed by atoms with Crippen LogP contribution in [0.15, 0.2) is 57.8 Å². The van der Waals surface area contributed by atoms with Gasteiger partial charge in [0.05, 0.1) is 29.2 Å². The number of rotatable bonds is 7. The highest BCUT2D eigenvalue weighted by Gasteiger charge is 2.35. The average molecular weight is 526 g/mol. The summed E-state index contributed by atoms with van der Waals surface area (Å²) in [5.74, 6) is -0.585. The topological polar surface area (TPSA) is 109 Å². The normalized spacial score (nSPS) is 20.5. The number of carbonyl (C=O) groups is 2. The molecular formula is C22H21F2N3O6S2. The third-order valence-corrected chi connectivity index (χ3v) is 8.12. The van der Waals surface area contributed by atoms with Crippen molar-refractivity contribution in [1.29, 1.82) is 0 Å². The number of halogens is 2. The number of thioether (sulfide) groups is 1. The Kier molecular flexibility index (Phi) is 7.26. The summed E-state index contributed by atoms with van der Waals surface area (Å²) < 4.78 is 58.1. The Morgan fingerprint density at radius 1 is 1.34 bits per heavy atom. The Balaban J connectivity index is 1.53. The third-order valence-electron chi connectivity index (χ3n) is 5.45. The summed E-state index contributed by atoms with van der Waals surface area (Å²) in [6.07, 6.45) is 3.28. The number of nitrogens with zero attached hydrogens (tertiary/aromatic N) is 3. The lowest BCUT2D eigenvalue weighted by molar-refractivity contribution is -0.128. The van der Waals surface area contributed by atoms with Crippen LogP contribution in [0.25, 0.3) is 6.08 Å². The van der Waals surface area contributed by atoms with Gasteiger partial charge < -0.3 is 14.1 Å². The van der Waals surface area contributed by atoms with Crippen LogP contribution in [0.4, 0.5) is 14.5 Å². The molecule has 1 fully saturated rings. The summed E-state index contributed by atoms with van der Waals surface area (Å²) in [6, 6.07) is 8.36. The second-order valence-electron chi connectivity index (χ2n) is 7.80. The molecule has 35 heavy (non-hydrogen) atoms. The van der Waals surface area contributed by atoms with E-state index in [1.807, 2.05) is 0 Å². The van der Waals surface area contributed by atoms with E-state index >= 15 is 0 Å². The maximum absolute atomic E-state index is 13.1. The standard InChI is InChI=1S/C22H21F2N3O6S2/c1-26(15-8-10-35(30,31)13-15)19(28)12-34-22-25-18(11-17-3-2-9-32-17)20(29)27(22)14-4-6-16(7-5-14)33-21(23)24/h2-7,9,11,15,21H,8,10,12-13H2,1H3/b18-11+/t15-/m1/s1. The van der Waals surface area contributed by atoms with Crippen molar-refractivity contribution in [2.24, 2.45) is 4.99 Å². The molecule has 1 aromatic carbocycles. The van der Waals surface area contributed by atoms with Gasteiger partial charge in [0, 0.05) is 19.2 Å². The maximum atomic E-state index is 13.1. The number of alkyl halides is 2. The lowest BCUT2D eigenvalue weighted by Gasteiger charge is -2.24. The highest BCUT2D eigenvalue weighted by molar-refractivity contribution is 8.14. The Morgan fingerprint density at radius 3 is 2.69 bits per heavy atom. The molecule has 1 aromatic heterocycles. The molecule has 0 spiro atoms. The van der Waals surface area contributed by atoms with Crippen molar-refractivity contribution in [2.45, 2.75) is 19.1 Å². The van der Waals surface area contributed by atoms with Gasteiger partial charge in [0.25, 0.3) is 5.91 Å². The van der Waals surface area contributed by atoms with E-state index in [-0.39, 0.29) is 39.8 Å². The number of amides is 2. The first-order valence-electron chi connectivity index (χ1n) is 10.4. The van der Waals surface area contributed by atoms with Crippen LogP contribution in [0.5, 0.6) is 5.75 Å². The summed E-state index contributed by atoms with van der Waals surface area (Å²) in [7, 11) is -1.60. The molecule has 0 saturated carbocycles. The largest absolute Gasteiger partial charge is 0.465 e. The van der Waals surface area contributed by atoms with Crippen molar-refractivity contribution >= 4 is 50.3 Å². The fourth-order valence-corrected chi connectivity index (χ4v) is 6.33. The molecule has 0 N–H and O–H groups in total. The number of ether oxygens (including phenoxy) is 1. The first-order chi connectivity index (χ1) is 16.6. The smallest absolute Gasteiger partial charge is 0.387 e. The predicted octanol–water partition coefficient (Wildman–Crippen LogP) is 3.00. The van der Waals surface area contributed by atoms with Gasteiger partial charge in [0.2, 0.25) is 5.91 Å². The molecule has 9 nitrogen and oxygen atoms in total. The van der Waals surface area contributed by atoms with Gasteiger partial charge in [-0.15, -0.1) is 0 Å². The van der Waals surface area contributed by atoms with Crippen molar-refractivity contribution in [3.63, 3.8) is 0 Å². The minimum Gasteiger partial charge on any atom is -0.465 e. The second-order valence-corrected chi connectivity index (χ2v) is 11.0. The van der Waals surface area contributed by atoms with E-state index in [4.69, 9.17) is 4.42 Å². The van der Waals surface area contributed by atoms with Crippen LogP contribution in [-0.4, -0.2) is 67.3 Å². The van der Waals surface area contributed by atoms with Gasteiger partial charge >= 0.3 is 6.61 Å². The monoisotopic (exact) mass is 525 g/mol. The Bertz CT molecular complexity index is 1260. The van der Waals surface area contributed by atoms with Gasteiger partial charge in [-0.3, -0.25) is 14.5 Å². The minimum atomic E-state index is -3.15. The van der Waals surface area contributed by atoms with Gasteiger partial charge in [-0.25, -0.2) is 13.4 Å². The molecule has 3 heterocycles. The molecule has 0 bridgehead atoms.